The van der Waals surface area contributed by atoms with E-state index in [1.165, 1.54) is 116 Å². The first-order valence-electron chi connectivity index (χ1n) is 19.8. The number of benzene rings is 8. The molecule has 0 spiro atoms. The Kier molecular flexibility index (Phi) is 6.22. The number of H-pyrrole nitrogens is 1. The molecule has 0 bridgehead atoms. The summed E-state index contributed by atoms with van der Waals surface area (Å²) in [6.07, 6.45) is 0. The minimum absolute atomic E-state index is 0.120. The smallest absolute Gasteiger partial charge is 0.0541 e. The Balaban J connectivity index is 0.949. The van der Waals surface area contributed by atoms with Crippen LogP contribution in [0.5, 0.6) is 0 Å². The van der Waals surface area contributed by atoms with Crippen molar-refractivity contribution in [2.75, 3.05) is 0 Å². The molecule has 56 heavy (non-hydrogen) atoms. The second-order valence-electron chi connectivity index (χ2n) is 17.1. The van der Waals surface area contributed by atoms with E-state index < -0.39 is 0 Å². The Morgan fingerprint density at radius 2 is 0.857 bits per heavy atom. The van der Waals surface area contributed by atoms with Gasteiger partial charge in [-0.1, -0.05) is 125 Å². The maximum Gasteiger partial charge on any atom is 0.0541 e. The van der Waals surface area contributed by atoms with Crippen LogP contribution in [0.1, 0.15) is 49.9 Å². The Bertz CT molecular complexity index is 3300. The third-order valence-electron chi connectivity index (χ3n) is 13.3. The molecule has 2 heteroatoms. The monoisotopic (exact) mass is 716 g/mol. The molecule has 0 fully saturated rings. The summed E-state index contributed by atoms with van der Waals surface area (Å²) in [5.74, 6) is 0. The molecule has 0 aliphatic heterocycles. The lowest BCUT2D eigenvalue weighted by atomic mass is 9.77. The zero-order valence-electron chi connectivity index (χ0n) is 32.0. The van der Waals surface area contributed by atoms with Crippen LogP contribution in [0.25, 0.3) is 93.8 Å². The maximum atomic E-state index is 3.59. The highest BCUT2D eigenvalue weighted by molar-refractivity contribution is 6.11. The van der Waals surface area contributed by atoms with Gasteiger partial charge < -0.3 is 9.55 Å². The van der Waals surface area contributed by atoms with Crippen LogP contribution in [-0.2, 0) is 10.8 Å². The molecule has 0 atom stereocenters. The molecule has 2 aliphatic rings. The van der Waals surface area contributed by atoms with E-state index in [4.69, 9.17) is 0 Å². The molecule has 1 N–H and O–H groups in total. The van der Waals surface area contributed by atoms with Gasteiger partial charge in [0.15, 0.2) is 0 Å². The van der Waals surface area contributed by atoms with Gasteiger partial charge in [-0.2, -0.15) is 0 Å². The highest BCUT2D eigenvalue weighted by Crippen LogP contribution is 2.57. The van der Waals surface area contributed by atoms with Crippen LogP contribution < -0.4 is 0 Å². The Hall–Kier alpha value is -6.64. The molecule has 0 radical (unpaired) electrons. The van der Waals surface area contributed by atoms with E-state index in [0.29, 0.717) is 0 Å². The molecule has 2 aromatic heterocycles. The molecule has 8 aromatic carbocycles. The number of aromatic nitrogens is 2. The first-order valence-corrected chi connectivity index (χ1v) is 19.8. The van der Waals surface area contributed by atoms with Gasteiger partial charge in [0.1, 0.15) is 0 Å². The van der Waals surface area contributed by atoms with E-state index in [0.717, 1.165) is 0 Å². The van der Waals surface area contributed by atoms with Crippen molar-refractivity contribution in [3.05, 3.63) is 186 Å². The standard InChI is InChI=1S/C54H40N2/c1-53(2)45-28-34(32-20-24-50-43(26-32)39-14-8-10-16-49(39)55-50)18-22-37(45)41-30-42-38-23-19-35(29-46(38)54(3,4)48(42)31-47(41)53)33-21-25-52-44(27-33)40-15-9-11-17-51(40)56(52)36-12-6-5-7-13-36/h5-31,55H,1-4H3. The first-order chi connectivity index (χ1) is 27.3. The van der Waals surface area contributed by atoms with Crippen LogP contribution in [-0.4, -0.2) is 9.55 Å². The Labute approximate surface area is 326 Å². The van der Waals surface area contributed by atoms with Crippen molar-refractivity contribution in [3.8, 4) is 50.2 Å². The van der Waals surface area contributed by atoms with Crippen molar-refractivity contribution in [2.24, 2.45) is 0 Å². The molecule has 266 valence electrons. The summed E-state index contributed by atoms with van der Waals surface area (Å²) in [6, 6.07) is 61.3. The molecule has 0 saturated carbocycles. The van der Waals surface area contributed by atoms with Crippen molar-refractivity contribution < 1.29 is 0 Å². The summed E-state index contributed by atoms with van der Waals surface area (Å²) >= 11 is 0. The summed E-state index contributed by atoms with van der Waals surface area (Å²) < 4.78 is 2.39. The van der Waals surface area contributed by atoms with Crippen LogP contribution in [0.2, 0.25) is 0 Å². The van der Waals surface area contributed by atoms with Crippen LogP contribution in [0.15, 0.2) is 164 Å². The maximum absolute atomic E-state index is 3.59. The minimum atomic E-state index is -0.131. The summed E-state index contributed by atoms with van der Waals surface area (Å²) in [7, 11) is 0. The third kappa shape index (κ3) is 4.22. The fourth-order valence-electron chi connectivity index (χ4n) is 10.4. The lowest BCUT2D eigenvalue weighted by Crippen LogP contribution is -2.19. The van der Waals surface area contributed by atoms with Gasteiger partial charge in [-0.25, -0.2) is 0 Å². The van der Waals surface area contributed by atoms with Crippen LogP contribution >= 0.6 is 0 Å². The van der Waals surface area contributed by atoms with Crippen LogP contribution in [0, 0.1) is 0 Å². The largest absolute Gasteiger partial charge is 0.355 e. The van der Waals surface area contributed by atoms with Crippen LogP contribution in [0.3, 0.4) is 0 Å². The molecule has 2 nitrogen and oxygen atoms in total. The SMILES string of the molecule is CC1(C)c2cc(-c3ccc4[nH]c5ccccc5c4c3)ccc2-c2cc3c(cc21)C(C)(C)c1cc(-c2ccc4c(c2)c2ccccc2n4-c2ccccc2)ccc1-3. The van der Waals surface area contributed by atoms with Crippen molar-refractivity contribution in [2.45, 2.75) is 38.5 Å². The normalized spacial score (nSPS) is 14.7. The van der Waals surface area contributed by atoms with Gasteiger partial charge in [-0.05, 0) is 133 Å². The summed E-state index contributed by atoms with van der Waals surface area (Å²) in [6.45, 7) is 9.65. The molecule has 2 aliphatic carbocycles. The van der Waals surface area contributed by atoms with Gasteiger partial charge in [-0.3, -0.25) is 0 Å². The number of rotatable bonds is 3. The molecule has 0 amide bonds. The Morgan fingerprint density at radius 3 is 1.55 bits per heavy atom. The second kappa shape index (κ2) is 11.0. The summed E-state index contributed by atoms with van der Waals surface area (Å²) in [5.41, 5.74) is 21.9. The summed E-state index contributed by atoms with van der Waals surface area (Å²) in [5, 5.41) is 5.11. The van der Waals surface area contributed by atoms with E-state index >= 15 is 0 Å². The van der Waals surface area contributed by atoms with Crippen LogP contribution in [0.4, 0.5) is 0 Å². The fraction of sp³-hybridized carbons (Fsp3) is 0.111. The molecule has 2 heterocycles. The van der Waals surface area contributed by atoms with Crippen molar-refractivity contribution >= 4 is 43.6 Å². The fourth-order valence-corrected chi connectivity index (χ4v) is 10.4. The lowest BCUT2D eigenvalue weighted by Gasteiger charge is -2.26. The van der Waals surface area contributed by atoms with Crippen molar-refractivity contribution in [1.82, 2.24) is 9.55 Å². The number of para-hydroxylation sites is 3. The second-order valence-corrected chi connectivity index (χ2v) is 17.1. The molecule has 0 saturated heterocycles. The van der Waals surface area contributed by atoms with E-state index in [2.05, 4.69) is 201 Å². The first kappa shape index (κ1) is 31.7. The molecular weight excluding hydrogens is 677 g/mol. The van der Waals surface area contributed by atoms with Gasteiger partial charge in [-0.15, -0.1) is 0 Å². The number of hydrogen-bond acceptors (Lipinski definition) is 0. The lowest BCUT2D eigenvalue weighted by molar-refractivity contribution is 0.639. The zero-order chi connectivity index (χ0) is 37.5. The predicted octanol–water partition coefficient (Wildman–Crippen LogP) is 14.4. The molecule has 10 aromatic rings. The highest BCUT2D eigenvalue weighted by atomic mass is 15.0. The number of nitrogens with one attached hydrogen (secondary N) is 1. The van der Waals surface area contributed by atoms with E-state index in [9.17, 15) is 0 Å². The van der Waals surface area contributed by atoms with Gasteiger partial charge in [0, 0.05) is 49.1 Å². The third-order valence-corrected chi connectivity index (χ3v) is 13.3. The van der Waals surface area contributed by atoms with E-state index in [1.54, 1.807) is 0 Å². The average Bonchev–Trinajstić information content (AvgIpc) is 3.90. The van der Waals surface area contributed by atoms with Crippen molar-refractivity contribution in [3.63, 3.8) is 0 Å². The average molecular weight is 717 g/mol. The van der Waals surface area contributed by atoms with Gasteiger partial charge in [0.2, 0.25) is 0 Å². The molecule has 12 rings (SSSR count). The van der Waals surface area contributed by atoms with E-state index in [1.807, 2.05) is 0 Å². The molecular formula is C54H40N2. The number of nitrogens with zero attached hydrogens (tertiary/aromatic N) is 1. The van der Waals surface area contributed by atoms with E-state index in [-0.39, 0.29) is 10.8 Å². The highest BCUT2D eigenvalue weighted by Gasteiger charge is 2.42. The number of hydrogen-bond donors (Lipinski definition) is 1. The predicted molar refractivity (Wildman–Crippen MR) is 236 cm³/mol. The number of fused-ring (bicyclic) bond motifs is 12. The van der Waals surface area contributed by atoms with Gasteiger partial charge in [0.05, 0.1) is 11.0 Å². The molecule has 0 unspecified atom stereocenters. The summed E-state index contributed by atoms with van der Waals surface area (Å²) in [4.78, 5) is 3.59. The van der Waals surface area contributed by atoms with Crippen molar-refractivity contribution in [1.29, 1.82) is 0 Å². The topological polar surface area (TPSA) is 20.7 Å². The minimum Gasteiger partial charge on any atom is -0.355 e. The zero-order valence-corrected chi connectivity index (χ0v) is 32.0. The number of aromatic amines is 1. The Morgan fingerprint density at radius 1 is 0.357 bits per heavy atom. The quantitative estimate of drug-likeness (QED) is 0.188. The van der Waals surface area contributed by atoms with Gasteiger partial charge in [0.25, 0.3) is 0 Å². The van der Waals surface area contributed by atoms with Gasteiger partial charge >= 0.3 is 0 Å².